The Labute approximate surface area is 144 Å². The Kier molecular flexibility index (Phi) is 4.27. The molecule has 0 aliphatic carbocycles. The number of halogens is 1. The Bertz CT molecular complexity index is 856. The number of nitrogens with zero attached hydrogens (tertiary/aromatic N) is 1. The van der Waals surface area contributed by atoms with Crippen molar-refractivity contribution in [2.75, 3.05) is 14.2 Å². The molecule has 1 unspecified atom stereocenters. The highest BCUT2D eigenvalue weighted by atomic mass is 19.1. The van der Waals surface area contributed by atoms with Gasteiger partial charge in [0.25, 0.3) is 11.7 Å². The van der Waals surface area contributed by atoms with Crippen molar-refractivity contribution < 1.29 is 23.8 Å². The lowest BCUT2D eigenvalue weighted by atomic mass is 9.95. The summed E-state index contributed by atoms with van der Waals surface area (Å²) >= 11 is 0. The maximum absolute atomic E-state index is 13.2. The zero-order chi connectivity index (χ0) is 18.1. The molecular formula is C19H16FNO4. The number of hydrogen-bond donors (Lipinski definition) is 1. The highest BCUT2D eigenvalue weighted by Crippen LogP contribution is 2.38. The molecule has 1 N–H and O–H groups in total. The van der Waals surface area contributed by atoms with Crippen molar-refractivity contribution in [1.82, 2.24) is 4.90 Å². The molecule has 25 heavy (non-hydrogen) atoms. The SMILES string of the molecule is COc1ccc(/C(O)=C2/C(=O)C(=O)N(C)C2c2ccc(F)cc2)cc1. The van der Waals surface area contributed by atoms with E-state index in [4.69, 9.17) is 4.74 Å². The van der Waals surface area contributed by atoms with Crippen LogP contribution in [0.25, 0.3) is 5.76 Å². The lowest BCUT2D eigenvalue weighted by Gasteiger charge is -2.21. The van der Waals surface area contributed by atoms with Gasteiger partial charge in [-0.05, 0) is 42.0 Å². The van der Waals surface area contributed by atoms with Crippen molar-refractivity contribution in [1.29, 1.82) is 0 Å². The number of hydrogen-bond acceptors (Lipinski definition) is 4. The van der Waals surface area contributed by atoms with Crippen LogP contribution in [0.4, 0.5) is 4.39 Å². The van der Waals surface area contributed by atoms with E-state index < -0.39 is 23.5 Å². The highest BCUT2D eigenvalue weighted by Gasteiger charge is 2.44. The van der Waals surface area contributed by atoms with Gasteiger partial charge in [0.1, 0.15) is 17.3 Å². The van der Waals surface area contributed by atoms with Crippen LogP contribution in [0.3, 0.4) is 0 Å². The quantitative estimate of drug-likeness (QED) is 0.530. The summed E-state index contributed by atoms with van der Waals surface area (Å²) in [4.78, 5) is 25.8. The zero-order valence-corrected chi connectivity index (χ0v) is 13.7. The van der Waals surface area contributed by atoms with Gasteiger partial charge in [0.2, 0.25) is 0 Å². The van der Waals surface area contributed by atoms with E-state index in [9.17, 15) is 19.1 Å². The second-order valence-electron chi connectivity index (χ2n) is 5.69. The predicted molar refractivity (Wildman–Crippen MR) is 89.5 cm³/mol. The Morgan fingerprint density at radius 3 is 2.24 bits per heavy atom. The summed E-state index contributed by atoms with van der Waals surface area (Å²) in [5.41, 5.74) is 0.904. The smallest absolute Gasteiger partial charge is 0.295 e. The van der Waals surface area contributed by atoms with Crippen LogP contribution in [0.1, 0.15) is 17.2 Å². The van der Waals surface area contributed by atoms with Crippen LogP contribution < -0.4 is 4.74 Å². The Morgan fingerprint density at radius 2 is 1.68 bits per heavy atom. The fraction of sp³-hybridized carbons (Fsp3) is 0.158. The lowest BCUT2D eigenvalue weighted by molar-refractivity contribution is -0.139. The topological polar surface area (TPSA) is 66.8 Å². The van der Waals surface area contributed by atoms with E-state index in [1.807, 2.05) is 0 Å². The molecule has 0 aromatic heterocycles. The minimum absolute atomic E-state index is 0.0238. The van der Waals surface area contributed by atoms with Crippen molar-refractivity contribution in [2.45, 2.75) is 6.04 Å². The number of likely N-dealkylation sites (tertiary alicyclic amines) is 1. The number of benzene rings is 2. The van der Waals surface area contributed by atoms with Crippen LogP contribution >= 0.6 is 0 Å². The number of carbonyl (C=O) groups excluding carboxylic acids is 2. The number of carbonyl (C=O) groups is 2. The van der Waals surface area contributed by atoms with Crippen LogP contribution in [0.5, 0.6) is 5.75 Å². The molecule has 1 atom stereocenters. The molecule has 1 amide bonds. The van der Waals surface area contributed by atoms with Crippen molar-refractivity contribution >= 4 is 17.4 Å². The number of likely N-dealkylation sites (N-methyl/N-ethyl adjacent to an activating group) is 1. The van der Waals surface area contributed by atoms with Gasteiger partial charge in [-0.1, -0.05) is 12.1 Å². The largest absolute Gasteiger partial charge is 0.507 e. The molecule has 6 heteroatoms. The molecule has 5 nitrogen and oxygen atoms in total. The maximum atomic E-state index is 13.2. The summed E-state index contributed by atoms with van der Waals surface area (Å²) in [5, 5.41) is 10.6. The third-order valence-corrected chi connectivity index (χ3v) is 4.22. The van der Waals surface area contributed by atoms with Gasteiger partial charge in [-0.3, -0.25) is 9.59 Å². The molecule has 1 aliphatic heterocycles. The Morgan fingerprint density at radius 1 is 1.08 bits per heavy atom. The zero-order valence-electron chi connectivity index (χ0n) is 13.7. The number of amides is 1. The van der Waals surface area contributed by atoms with Crippen LogP contribution in [0.15, 0.2) is 54.1 Å². The summed E-state index contributed by atoms with van der Waals surface area (Å²) in [5.74, 6) is -1.59. The third-order valence-electron chi connectivity index (χ3n) is 4.22. The summed E-state index contributed by atoms with van der Waals surface area (Å²) in [6.45, 7) is 0. The normalized spacial score (nSPS) is 19.3. The van der Waals surface area contributed by atoms with Gasteiger partial charge in [-0.25, -0.2) is 4.39 Å². The fourth-order valence-electron chi connectivity index (χ4n) is 2.89. The van der Waals surface area contributed by atoms with Crippen molar-refractivity contribution in [3.8, 4) is 5.75 Å². The van der Waals surface area contributed by atoms with Gasteiger partial charge >= 0.3 is 0 Å². The minimum atomic E-state index is -0.775. The molecule has 1 fully saturated rings. The van der Waals surface area contributed by atoms with E-state index in [1.54, 1.807) is 24.3 Å². The average Bonchev–Trinajstić information content (AvgIpc) is 2.86. The van der Waals surface area contributed by atoms with E-state index >= 15 is 0 Å². The van der Waals surface area contributed by atoms with Gasteiger partial charge in [-0.15, -0.1) is 0 Å². The summed E-state index contributed by atoms with van der Waals surface area (Å²) in [6, 6.07) is 11.2. The second kappa shape index (κ2) is 6.39. The Hall–Kier alpha value is -3.15. The molecule has 3 rings (SSSR count). The first-order chi connectivity index (χ1) is 11.9. The number of methoxy groups -OCH3 is 1. The van der Waals surface area contributed by atoms with Crippen LogP contribution in [0.2, 0.25) is 0 Å². The van der Waals surface area contributed by atoms with Crippen LogP contribution in [-0.2, 0) is 9.59 Å². The van der Waals surface area contributed by atoms with E-state index in [2.05, 4.69) is 0 Å². The molecule has 0 radical (unpaired) electrons. The summed E-state index contributed by atoms with van der Waals surface area (Å²) in [7, 11) is 2.99. The van der Waals surface area contributed by atoms with Crippen LogP contribution in [-0.4, -0.2) is 35.9 Å². The number of ether oxygens (including phenoxy) is 1. The van der Waals surface area contributed by atoms with E-state index in [1.165, 1.54) is 43.3 Å². The van der Waals surface area contributed by atoms with Gasteiger partial charge in [0, 0.05) is 12.6 Å². The lowest BCUT2D eigenvalue weighted by Crippen LogP contribution is -2.24. The van der Waals surface area contributed by atoms with Gasteiger partial charge in [0.15, 0.2) is 0 Å². The number of aliphatic hydroxyl groups is 1. The van der Waals surface area contributed by atoms with Crippen molar-refractivity contribution in [3.63, 3.8) is 0 Å². The molecule has 2 aromatic rings. The minimum Gasteiger partial charge on any atom is -0.507 e. The molecule has 0 bridgehead atoms. The predicted octanol–water partition coefficient (Wildman–Crippen LogP) is 2.89. The average molecular weight is 341 g/mol. The molecule has 1 saturated heterocycles. The highest BCUT2D eigenvalue weighted by molar-refractivity contribution is 6.46. The fourth-order valence-corrected chi connectivity index (χ4v) is 2.89. The standard InChI is InChI=1S/C19H16FNO4/c1-21-16(11-3-7-13(20)8-4-11)15(18(23)19(21)24)17(22)12-5-9-14(25-2)10-6-12/h3-10,16,22H,1-2H3/b17-15-. The second-order valence-corrected chi connectivity index (χ2v) is 5.69. The molecule has 0 saturated carbocycles. The first kappa shape index (κ1) is 16.7. The van der Waals surface area contributed by atoms with Crippen molar-refractivity contribution in [3.05, 3.63) is 71.0 Å². The monoisotopic (exact) mass is 341 g/mol. The van der Waals surface area contributed by atoms with Gasteiger partial charge < -0.3 is 14.7 Å². The molecular weight excluding hydrogens is 325 g/mol. The molecule has 0 spiro atoms. The number of rotatable bonds is 3. The number of aliphatic hydroxyl groups excluding tert-OH is 1. The summed E-state index contributed by atoms with van der Waals surface area (Å²) in [6.07, 6.45) is 0. The van der Waals surface area contributed by atoms with Crippen LogP contribution in [0, 0.1) is 5.82 Å². The van der Waals surface area contributed by atoms with E-state index in [0.29, 0.717) is 16.9 Å². The number of Topliss-reactive ketones (excluding diaryl/α,β-unsaturated/α-hetero) is 1. The first-order valence-corrected chi connectivity index (χ1v) is 7.58. The molecule has 1 aliphatic rings. The Balaban J connectivity index is 2.12. The van der Waals surface area contributed by atoms with E-state index in [0.717, 1.165) is 0 Å². The maximum Gasteiger partial charge on any atom is 0.295 e. The van der Waals surface area contributed by atoms with E-state index in [-0.39, 0.29) is 11.3 Å². The van der Waals surface area contributed by atoms with Crippen molar-refractivity contribution in [2.24, 2.45) is 0 Å². The third kappa shape index (κ3) is 2.87. The van der Waals surface area contributed by atoms with Gasteiger partial charge in [-0.2, -0.15) is 0 Å². The van der Waals surface area contributed by atoms with Gasteiger partial charge in [0.05, 0.1) is 18.7 Å². The summed E-state index contributed by atoms with van der Waals surface area (Å²) < 4.78 is 18.3. The molecule has 1 heterocycles. The number of ketones is 1. The molecule has 128 valence electrons. The molecule has 2 aromatic carbocycles. The first-order valence-electron chi connectivity index (χ1n) is 7.58.